The van der Waals surface area contributed by atoms with E-state index < -0.39 is 24.9 Å². The lowest BCUT2D eigenvalue weighted by Gasteiger charge is -2.44. The number of amides is 1. The number of aliphatic carboxylic acids is 1. The Labute approximate surface area is 192 Å². The summed E-state index contributed by atoms with van der Waals surface area (Å²) in [6.45, 7) is -2.92. The number of hydrogen-bond acceptors (Lipinski definition) is 4. The molecule has 1 N–H and O–H groups in total. The highest BCUT2D eigenvalue weighted by Crippen LogP contribution is 2.48. The molecule has 0 saturated carbocycles. The number of hydrogen-bond donors (Lipinski definition) is 1. The van der Waals surface area contributed by atoms with E-state index in [0.29, 0.717) is 0 Å². The molecule has 0 spiro atoms. The van der Waals surface area contributed by atoms with Gasteiger partial charge in [-0.05, 0) is 15.9 Å². The number of esters is 1. The highest BCUT2D eigenvalue weighted by molar-refractivity contribution is 7.96. The first-order valence-corrected chi connectivity index (χ1v) is 12.3. The van der Waals surface area contributed by atoms with Crippen LogP contribution in [0.3, 0.4) is 0 Å². The molecule has 1 fully saturated rings. The summed E-state index contributed by atoms with van der Waals surface area (Å²) in [7, 11) is 1.29. The number of carbonyl (C=O) groups is 3. The van der Waals surface area contributed by atoms with Crippen LogP contribution in [0, 0.1) is 0 Å². The fraction of sp³-hybridized carbons (Fsp3) is 0.154. The van der Waals surface area contributed by atoms with Crippen LogP contribution in [0.5, 0.6) is 0 Å². The number of rotatable bonds is 7. The molecule has 1 saturated heterocycles. The number of likely N-dealkylation sites (tertiary alicyclic amines) is 1. The average Bonchev–Trinajstić information content (AvgIpc) is 2.85. The van der Waals surface area contributed by atoms with E-state index in [-0.39, 0.29) is 24.2 Å². The minimum Gasteiger partial charge on any atom is -0.481 e. The van der Waals surface area contributed by atoms with Gasteiger partial charge >= 0.3 is 11.9 Å². The first-order valence-electron chi connectivity index (χ1n) is 10.6. The molecular weight excluding hydrogens is 437 g/mol. The van der Waals surface area contributed by atoms with Crippen molar-refractivity contribution in [2.24, 2.45) is 0 Å². The standard InChI is InChI=1S/C26H24NO5P/c1-32-26(31)25(27-19(17-23(27)28)18-24(29)30)33(20-11-5-2-6-12-20,21-13-7-3-8-14-21)22-15-9-4-10-16-22/h2-16,19H,17-18H2,1H3,(H,29,30). The highest BCUT2D eigenvalue weighted by Gasteiger charge is 2.47. The first-order chi connectivity index (χ1) is 16.0. The van der Waals surface area contributed by atoms with Crippen molar-refractivity contribution < 1.29 is 24.2 Å². The molecule has 3 aromatic rings. The number of ether oxygens (including phenoxy) is 1. The van der Waals surface area contributed by atoms with Crippen LogP contribution in [0.15, 0.2) is 91.0 Å². The van der Waals surface area contributed by atoms with E-state index in [1.54, 1.807) is 0 Å². The molecule has 1 atom stereocenters. The summed E-state index contributed by atoms with van der Waals surface area (Å²) in [4.78, 5) is 39.4. The molecule has 6 nitrogen and oxygen atoms in total. The van der Waals surface area contributed by atoms with Crippen LogP contribution in [0.1, 0.15) is 12.8 Å². The fourth-order valence-electron chi connectivity index (χ4n) is 4.40. The summed E-state index contributed by atoms with van der Waals surface area (Å²) >= 11 is 0. The predicted octanol–water partition coefficient (Wildman–Crippen LogP) is 2.36. The van der Waals surface area contributed by atoms with Gasteiger partial charge in [0.15, 0.2) is 0 Å². The number of benzene rings is 3. The van der Waals surface area contributed by atoms with E-state index in [1.807, 2.05) is 91.0 Å². The SMILES string of the molecule is COC(=O)C(N1C(=O)CC1CC(=O)O)=P(c1ccccc1)(c1ccccc1)c1ccccc1. The van der Waals surface area contributed by atoms with Crippen LogP contribution in [0.4, 0.5) is 0 Å². The van der Waals surface area contributed by atoms with Crippen LogP contribution in [-0.4, -0.2) is 46.4 Å². The van der Waals surface area contributed by atoms with E-state index in [1.165, 1.54) is 12.0 Å². The van der Waals surface area contributed by atoms with E-state index in [0.717, 1.165) is 15.9 Å². The number of β-lactam (4-membered cyclic amide) rings is 1. The zero-order valence-electron chi connectivity index (χ0n) is 18.1. The van der Waals surface area contributed by atoms with Crippen LogP contribution in [0.2, 0.25) is 0 Å². The van der Waals surface area contributed by atoms with Crippen molar-refractivity contribution in [3.63, 3.8) is 0 Å². The minimum atomic E-state index is -2.92. The summed E-state index contributed by atoms with van der Waals surface area (Å²) in [6.07, 6.45) is -0.171. The summed E-state index contributed by atoms with van der Waals surface area (Å²) in [5.74, 6) is -1.94. The number of carboxylic acids is 1. The van der Waals surface area contributed by atoms with Crippen molar-refractivity contribution >= 4 is 46.1 Å². The smallest absolute Gasteiger partial charge is 0.355 e. The summed E-state index contributed by atoms with van der Waals surface area (Å²) in [6, 6.07) is 28.2. The molecule has 3 aromatic carbocycles. The third-order valence-electron chi connectivity index (χ3n) is 5.80. The van der Waals surface area contributed by atoms with Gasteiger partial charge in [-0.3, -0.25) is 9.59 Å². The maximum Gasteiger partial charge on any atom is 0.355 e. The van der Waals surface area contributed by atoms with Gasteiger partial charge in [0.05, 0.1) is 19.6 Å². The highest BCUT2D eigenvalue weighted by atomic mass is 31.2. The van der Waals surface area contributed by atoms with Gasteiger partial charge in [-0.2, -0.15) is 0 Å². The molecule has 7 heteroatoms. The third-order valence-corrected chi connectivity index (χ3v) is 10.1. The molecule has 1 amide bonds. The van der Waals surface area contributed by atoms with Crippen LogP contribution in [-0.2, 0) is 19.1 Å². The monoisotopic (exact) mass is 461 g/mol. The lowest BCUT2D eigenvalue weighted by atomic mass is 9.99. The molecule has 0 aliphatic carbocycles. The number of carboxylic acid groups (broad SMARTS) is 1. The molecule has 4 rings (SSSR count). The molecule has 33 heavy (non-hydrogen) atoms. The Balaban J connectivity index is 2.21. The maximum absolute atomic E-state index is 13.5. The topological polar surface area (TPSA) is 83.9 Å². The van der Waals surface area contributed by atoms with Crippen molar-refractivity contribution in [1.29, 1.82) is 0 Å². The van der Waals surface area contributed by atoms with Gasteiger partial charge in [0, 0.05) is 13.3 Å². The fourth-order valence-corrected chi connectivity index (χ4v) is 8.84. The second kappa shape index (κ2) is 9.47. The lowest BCUT2D eigenvalue weighted by Crippen LogP contribution is -2.60. The number of carbonyl (C=O) groups excluding carboxylic acids is 2. The van der Waals surface area contributed by atoms with E-state index in [4.69, 9.17) is 4.74 Å². The Bertz CT molecular complexity index is 1120. The lowest BCUT2D eigenvalue weighted by molar-refractivity contribution is -0.147. The summed E-state index contributed by atoms with van der Waals surface area (Å²) < 4.78 is 5.25. The number of methoxy groups -OCH3 is 1. The van der Waals surface area contributed by atoms with Gasteiger partial charge in [-0.25, -0.2) is 4.79 Å². The normalized spacial score (nSPS) is 15.5. The second-order valence-corrected chi connectivity index (χ2v) is 11.0. The minimum absolute atomic E-state index is 0.0746. The zero-order valence-corrected chi connectivity index (χ0v) is 19.0. The molecular formula is C26H24NO5P. The van der Waals surface area contributed by atoms with Crippen molar-refractivity contribution in [1.82, 2.24) is 4.90 Å². The van der Waals surface area contributed by atoms with Gasteiger partial charge in [0.1, 0.15) is 5.42 Å². The first kappa shape index (κ1) is 22.6. The molecule has 1 aliphatic heterocycles. The molecule has 0 aromatic heterocycles. The number of nitrogens with zero attached hydrogens (tertiary/aromatic N) is 1. The molecule has 0 bridgehead atoms. The van der Waals surface area contributed by atoms with Gasteiger partial charge in [-0.1, -0.05) is 91.0 Å². The predicted molar refractivity (Wildman–Crippen MR) is 130 cm³/mol. The van der Waals surface area contributed by atoms with Crippen LogP contribution < -0.4 is 15.9 Å². The Kier molecular flexibility index (Phi) is 6.47. The molecule has 1 unspecified atom stereocenters. The van der Waals surface area contributed by atoms with Crippen LogP contribution >= 0.6 is 6.89 Å². The van der Waals surface area contributed by atoms with E-state index >= 15 is 0 Å². The van der Waals surface area contributed by atoms with Gasteiger partial charge < -0.3 is 14.7 Å². The molecule has 168 valence electrons. The Morgan fingerprint density at radius 2 is 1.30 bits per heavy atom. The largest absolute Gasteiger partial charge is 0.481 e. The zero-order chi connectivity index (χ0) is 23.4. The van der Waals surface area contributed by atoms with Crippen LogP contribution in [0.25, 0.3) is 0 Å². The average molecular weight is 461 g/mol. The molecule has 1 heterocycles. The van der Waals surface area contributed by atoms with Gasteiger partial charge in [0.25, 0.3) is 0 Å². The van der Waals surface area contributed by atoms with Gasteiger partial charge in [-0.15, -0.1) is 0 Å². The molecule has 1 aliphatic rings. The Hall–Kier alpha value is -3.63. The molecule has 0 radical (unpaired) electrons. The van der Waals surface area contributed by atoms with Crippen molar-refractivity contribution in [2.45, 2.75) is 18.9 Å². The maximum atomic E-state index is 13.5. The Morgan fingerprint density at radius 3 is 1.64 bits per heavy atom. The second-order valence-electron chi connectivity index (χ2n) is 7.71. The van der Waals surface area contributed by atoms with Gasteiger partial charge in [0.2, 0.25) is 5.91 Å². The van der Waals surface area contributed by atoms with Crippen molar-refractivity contribution in [3.05, 3.63) is 91.0 Å². The van der Waals surface area contributed by atoms with E-state index in [2.05, 4.69) is 0 Å². The van der Waals surface area contributed by atoms with Crippen molar-refractivity contribution in [2.75, 3.05) is 7.11 Å². The summed E-state index contributed by atoms with van der Waals surface area (Å²) in [5, 5.41) is 12.0. The third kappa shape index (κ3) is 3.98. The van der Waals surface area contributed by atoms with E-state index in [9.17, 15) is 19.5 Å². The quantitative estimate of drug-likeness (QED) is 0.332. The summed E-state index contributed by atoms with van der Waals surface area (Å²) in [5.41, 5.74) is 0.205. The Morgan fingerprint density at radius 1 is 0.879 bits per heavy atom. The van der Waals surface area contributed by atoms with Crippen molar-refractivity contribution in [3.8, 4) is 0 Å².